The zero-order valence-electron chi connectivity index (χ0n) is 8.55. The highest BCUT2D eigenvalue weighted by Gasteiger charge is 2.38. The molecule has 2 heterocycles. The third-order valence-electron chi connectivity index (χ3n) is 2.66. The first-order chi connectivity index (χ1) is 8.08. The molecule has 0 aromatic heterocycles. The molecule has 2 aliphatic rings. The van der Waals surface area contributed by atoms with Gasteiger partial charge in [0.1, 0.15) is 16.8 Å². The standard InChI is InChI=1S/C11H8FNO3S/c12-8-3-1-7(2-4-8)10-11-9(16-13-10)5-6-17(11,14)15/h1-6,9,13H/t9-/m1/s1. The molecule has 2 aliphatic heterocycles. The smallest absolute Gasteiger partial charge is 0.200 e. The summed E-state index contributed by atoms with van der Waals surface area (Å²) in [6.45, 7) is 0. The van der Waals surface area contributed by atoms with Gasteiger partial charge in [-0.25, -0.2) is 12.8 Å². The molecule has 0 saturated carbocycles. The molecule has 0 bridgehead atoms. The van der Waals surface area contributed by atoms with Crippen molar-refractivity contribution in [3.63, 3.8) is 0 Å². The highest BCUT2D eigenvalue weighted by Crippen LogP contribution is 2.35. The van der Waals surface area contributed by atoms with Gasteiger partial charge in [-0.2, -0.15) is 0 Å². The first kappa shape index (κ1) is 10.5. The molecule has 0 radical (unpaired) electrons. The van der Waals surface area contributed by atoms with Gasteiger partial charge in [0.2, 0.25) is 9.84 Å². The zero-order chi connectivity index (χ0) is 12.0. The lowest BCUT2D eigenvalue weighted by Gasteiger charge is -2.04. The van der Waals surface area contributed by atoms with Crippen LogP contribution in [0.15, 0.2) is 40.7 Å². The van der Waals surface area contributed by atoms with Gasteiger partial charge < -0.3 is 0 Å². The van der Waals surface area contributed by atoms with Crippen LogP contribution in [0.3, 0.4) is 0 Å². The number of hydrogen-bond acceptors (Lipinski definition) is 4. The monoisotopic (exact) mass is 253 g/mol. The molecule has 1 N–H and O–H groups in total. The minimum atomic E-state index is -3.41. The summed E-state index contributed by atoms with van der Waals surface area (Å²) in [6, 6.07) is 5.55. The van der Waals surface area contributed by atoms with Gasteiger partial charge in [0.15, 0.2) is 0 Å². The van der Waals surface area contributed by atoms with E-state index in [1.165, 1.54) is 30.3 Å². The Bertz CT molecular complexity index is 631. The van der Waals surface area contributed by atoms with Gasteiger partial charge in [0.25, 0.3) is 0 Å². The number of nitrogens with one attached hydrogen (secondary N) is 1. The van der Waals surface area contributed by atoms with Crippen molar-refractivity contribution in [2.24, 2.45) is 0 Å². The van der Waals surface area contributed by atoms with Crippen molar-refractivity contribution in [2.45, 2.75) is 6.10 Å². The van der Waals surface area contributed by atoms with Gasteiger partial charge in [0, 0.05) is 11.0 Å². The predicted octanol–water partition coefficient (Wildman–Crippen LogP) is 1.34. The number of halogens is 1. The summed E-state index contributed by atoms with van der Waals surface area (Å²) in [6.07, 6.45) is 0.883. The Balaban J connectivity index is 2.16. The van der Waals surface area contributed by atoms with E-state index >= 15 is 0 Å². The fourth-order valence-corrected chi connectivity index (χ4v) is 3.26. The number of sulfone groups is 1. The molecular weight excluding hydrogens is 245 g/mol. The normalized spacial score (nSPS) is 24.9. The SMILES string of the molecule is O=S1(=O)C=C[C@H]2ONC(c3ccc(F)cc3)=C21. The Morgan fingerprint density at radius 1 is 1.24 bits per heavy atom. The van der Waals surface area contributed by atoms with E-state index < -0.39 is 15.9 Å². The molecule has 0 unspecified atom stereocenters. The van der Waals surface area contributed by atoms with Gasteiger partial charge >= 0.3 is 0 Å². The predicted molar refractivity (Wildman–Crippen MR) is 59.4 cm³/mol. The van der Waals surface area contributed by atoms with E-state index in [0.717, 1.165) is 5.41 Å². The summed E-state index contributed by atoms with van der Waals surface area (Å²) in [4.78, 5) is 5.31. The molecule has 0 saturated heterocycles. The molecule has 1 aromatic carbocycles. The zero-order valence-corrected chi connectivity index (χ0v) is 9.37. The van der Waals surface area contributed by atoms with E-state index in [2.05, 4.69) is 5.48 Å². The van der Waals surface area contributed by atoms with Crippen molar-refractivity contribution >= 4 is 15.5 Å². The topological polar surface area (TPSA) is 55.4 Å². The highest BCUT2D eigenvalue weighted by atomic mass is 32.2. The molecular formula is C11H8FNO3S. The van der Waals surface area contributed by atoms with Crippen LogP contribution in [0.25, 0.3) is 5.70 Å². The maximum absolute atomic E-state index is 12.8. The Morgan fingerprint density at radius 3 is 2.65 bits per heavy atom. The maximum atomic E-state index is 12.8. The lowest BCUT2D eigenvalue weighted by atomic mass is 10.1. The largest absolute Gasteiger partial charge is 0.264 e. The summed E-state index contributed by atoms with van der Waals surface area (Å²) in [5.41, 5.74) is 3.53. The molecule has 0 spiro atoms. The van der Waals surface area contributed by atoms with Crippen molar-refractivity contribution in [3.05, 3.63) is 52.0 Å². The summed E-state index contributed by atoms with van der Waals surface area (Å²) < 4.78 is 36.3. The molecule has 3 rings (SSSR count). The van der Waals surface area contributed by atoms with Crippen LogP contribution in [-0.4, -0.2) is 14.5 Å². The minimum Gasteiger partial charge on any atom is -0.264 e. The lowest BCUT2D eigenvalue weighted by Crippen LogP contribution is -2.09. The molecule has 6 heteroatoms. The Morgan fingerprint density at radius 2 is 1.94 bits per heavy atom. The first-order valence-electron chi connectivity index (χ1n) is 4.93. The Labute approximate surface area is 97.3 Å². The van der Waals surface area contributed by atoms with Crippen LogP contribution < -0.4 is 5.48 Å². The fourth-order valence-electron chi connectivity index (χ4n) is 1.87. The van der Waals surface area contributed by atoms with E-state index in [1.807, 2.05) is 0 Å². The molecule has 88 valence electrons. The maximum Gasteiger partial charge on any atom is 0.200 e. The third-order valence-corrected chi connectivity index (χ3v) is 4.23. The first-order valence-corrected chi connectivity index (χ1v) is 6.47. The summed E-state index contributed by atoms with van der Waals surface area (Å²) >= 11 is 0. The number of benzene rings is 1. The van der Waals surface area contributed by atoms with Crippen LogP contribution in [0, 0.1) is 5.82 Å². The summed E-state index contributed by atoms with van der Waals surface area (Å²) in [5, 5.41) is 1.12. The third kappa shape index (κ3) is 1.57. The quantitative estimate of drug-likeness (QED) is 0.820. The average Bonchev–Trinajstić information content (AvgIpc) is 2.83. The number of rotatable bonds is 1. The Kier molecular flexibility index (Phi) is 2.11. The van der Waals surface area contributed by atoms with Crippen molar-refractivity contribution in [2.75, 3.05) is 0 Å². The van der Waals surface area contributed by atoms with Gasteiger partial charge in [-0.15, -0.1) is 0 Å². The van der Waals surface area contributed by atoms with E-state index in [0.29, 0.717) is 11.3 Å². The Hall–Kier alpha value is -1.66. The van der Waals surface area contributed by atoms with E-state index in [4.69, 9.17) is 4.84 Å². The van der Waals surface area contributed by atoms with Crippen molar-refractivity contribution < 1.29 is 17.6 Å². The lowest BCUT2D eigenvalue weighted by molar-refractivity contribution is 0.0777. The fraction of sp³-hybridized carbons (Fsp3) is 0.0909. The van der Waals surface area contributed by atoms with Crippen LogP contribution in [0.2, 0.25) is 0 Å². The molecule has 0 amide bonds. The molecule has 0 fully saturated rings. The van der Waals surface area contributed by atoms with Crippen molar-refractivity contribution in [3.8, 4) is 0 Å². The number of hydroxylamine groups is 1. The second-order valence-corrected chi connectivity index (χ2v) is 5.56. The highest BCUT2D eigenvalue weighted by molar-refractivity contribution is 7.98. The van der Waals surface area contributed by atoms with Crippen molar-refractivity contribution in [1.82, 2.24) is 5.48 Å². The minimum absolute atomic E-state index is 0.184. The van der Waals surface area contributed by atoms with Gasteiger partial charge in [-0.05, 0) is 30.3 Å². The molecule has 1 aromatic rings. The number of fused-ring (bicyclic) bond motifs is 1. The van der Waals surface area contributed by atoms with Crippen molar-refractivity contribution in [1.29, 1.82) is 0 Å². The van der Waals surface area contributed by atoms with Crippen LogP contribution in [0.5, 0.6) is 0 Å². The van der Waals surface area contributed by atoms with E-state index in [-0.39, 0.29) is 10.7 Å². The molecule has 1 atom stereocenters. The second-order valence-electron chi connectivity index (χ2n) is 3.76. The molecule has 0 aliphatic carbocycles. The average molecular weight is 253 g/mol. The van der Waals surface area contributed by atoms with Crippen LogP contribution in [-0.2, 0) is 14.7 Å². The van der Waals surface area contributed by atoms with Crippen LogP contribution in [0.1, 0.15) is 5.56 Å². The van der Waals surface area contributed by atoms with Crippen LogP contribution >= 0.6 is 0 Å². The van der Waals surface area contributed by atoms with Gasteiger partial charge in [-0.3, -0.25) is 10.3 Å². The molecule has 4 nitrogen and oxygen atoms in total. The summed E-state index contributed by atoms with van der Waals surface area (Å²) in [7, 11) is -3.41. The molecule has 17 heavy (non-hydrogen) atoms. The van der Waals surface area contributed by atoms with Crippen LogP contribution in [0.4, 0.5) is 4.39 Å². The van der Waals surface area contributed by atoms with E-state index in [1.54, 1.807) is 0 Å². The van der Waals surface area contributed by atoms with Gasteiger partial charge in [0.05, 0.1) is 5.70 Å². The summed E-state index contributed by atoms with van der Waals surface area (Å²) in [5.74, 6) is -0.373. The van der Waals surface area contributed by atoms with Gasteiger partial charge in [-0.1, -0.05) is 0 Å². The second kappa shape index (κ2) is 3.41. The number of hydrogen-bond donors (Lipinski definition) is 1. The van der Waals surface area contributed by atoms with E-state index in [9.17, 15) is 12.8 Å².